The maximum atomic E-state index is 12.4. The van der Waals surface area contributed by atoms with Crippen molar-refractivity contribution < 1.29 is 49.2 Å². The number of carboxylic acid groups (broad SMARTS) is 3. The van der Waals surface area contributed by atoms with Crippen LogP contribution in [0, 0.1) is 0 Å². The number of aliphatic carboxylic acids is 3. The minimum atomic E-state index is -1.75. The van der Waals surface area contributed by atoms with Crippen LogP contribution in [0.25, 0.3) is 0 Å². The second kappa shape index (κ2) is 12.6. The first-order valence-electron chi connectivity index (χ1n) is 8.42. The van der Waals surface area contributed by atoms with E-state index in [-0.39, 0.29) is 5.75 Å². The van der Waals surface area contributed by atoms with Crippen LogP contribution < -0.4 is 21.7 Å². The van der Waals surface area contributed by atoms with Crippen LogP contribution in [0.4, 0.5) is 0 Å². The topological polar surface area (TPSA) is 245 Å². The third-order valence-corrected chi connectivity index (χ3v) is 3.97. The number of hydrogen-bond donors (Lipinski definition) is 9. The van der Waals surface area contributed by atoms with Crippen LogP contribution in [0.1, 0.15) is 19.8 Å². The molecule has 0 saturated carbocycles. The van der Waals surface area contributed by atoms with Crippen LogP contribution in [-0.4, -0.2) is 92.1 Å². The fourth-order valence-corrected chi connectivity index (χ4v) is 2.30. The molecule has 15 heteroatoms. The first kappa shape index (κ1) is 27.1. The molecule has 0 aromatic carbocycles. The highest BCUT2D eigenvalue weighted by Crippen LogP contribution is 2.01. The molecular weight excluding hydrogens is 428 g/mol. The number of carboxylic acids is 3. The van der Waals surface area contributed by atoms with Crippen molar-refractivity contribution in [2.45, 2.75) is 50.0 Å². The molecule has 0 aliphatic rings. The largest absolute Gasteiger partial charge is 0.481 e. The minimum Gasteiger partial charge on any atom is -0.481 e. The summed E-state index contributed by atoms with van der Waals surface area (Å²) < 4.78 is 0. The SMILES string of the molecule is CC(O)C(NC(=O)C(N)CC(=O)O)C(=O)NC(CC(=O)O)C(=O)NC(CS)C(=O)O. The highest BCUT2D eigenvalue weighted by Gasteiger charge is 2.33. The normalized spacial score (nSPS) is 15.6. The quantitative estimate of drug-likeness (QED) is 0.122. The average Bonchev–Trinajstić information content (AvgIpc) is 2.61. The van der Waals surface area contributed by atoms with E-state index in [0.29, 0.717) is 0 Å². The average molecular weight is 452 g/mol. The van der Waals surface area contributed by atoms with Crippen molar-refractivity contribution in [3.8, 4) is 0 Å². The monoisotopic (exact) mass is 452 g/mol. The van der Waals surface area contributed by atoms with E-state index < -0.39 is 78.7 Å². The number of aliphatic hydroxyl groups is 1. The van der Waals surface area contributed by atoms with E-state index in [1.54, 1.807) is 0 Å². The zero-order valence-corrected chi connectivity index (χ0v) is 16.7. The molecule has 5 atom stereocenters. The van der Waals surface area contributed by atoms with Gasteiger partial charge in [0.15, 0.2) is 0 Å². The molecule has 0 saturated heterocycles. The fourth-order valence-electron chi connectivity index (χ4n) is 2.05. The first-order chi connectivity index (χ1) is 13.8. The van der Waals surface area contributed by atoms with E-state index in [2.05, 4.69) is 12.6 Å². The fraction of sp³-hybridized carbons (Fsp3) is 0.600. The Morgan fingerprint density at radius 3 is 1.73 bits per heavy atom. The summed E-state index contributed by atoms with van der Waals surface area (Å²) in [6.45, 7) is 1.10. The lowest BCUT2D eigenvalue weighted by Crippen LogP contribution is -2.60. The van der Waals surface area contributed by atoms with Gasteiger partial charge in [0, 0.05) is 5.75 Å². The van der Waals surface area contributed by atoms with Crippen molar-refractivity contribution in [2.75, 3.05) is 5.75 Å². The third kappa shape index (κ3) is 9.53. The van der Waals surface area contributed by atoms with Gasteiger partial charge in [0.25, 0.3) is 0 Å². The summed E-state index contributed by atoms with van der Waals surface area (Å²) in [6.07, 6.45) is -3.23. The molecule has 0 heterocycles. The number of aliphatic hydroxyl groups excluding tert-OH is 1. The zero-order valence-electron chi connectivity index (χ0n) is 15.8. The molecule has 30 heavy (non-hydrogen) atoms. The Morgan fingerprint density at radius 2 is 1.33 bits per heavy atom. The number of nitrogens with one attached hydrogen (secondary N) is 3. The molecule has 0 aliphatic heterocycles. The number of nitrogens with two attached hydrogens (primary N) is 1. The van der Waals surface area contributed by atoms with Gasteiger partial charge in [-0.2, -0.15) is 12.6 Å². The predicted molar refractivity (Wildman–Crippen MR) is 101 cm³/mol. The second-order valence-electron chi connectivity index (χ2n) is 6.17. The molecule has 0 fully saturated rings. The van der Waals surface area contributed by atoms with Crippen LogP contribution in [-0.2, 0) is 28.8 Å². The second-order valence-corrected chi connectivity index (χ2v) is 6.54. The van der Waals surface area contributed by atoms with Crippen LogP contribution in [0.5, 0.6) is 0 Å². The van der Waals surface area contributed by atoms with E-state index in [4.69, 9.17) is 21.1 Å². The lowest BCUT2D eigenvalue weighted by Gasteiger charge is -2.25. The minimum absolute atomic E-state index is 0.317. The molecule has 0 spiro atoms. The Bertz CT molecular complexity index is 686. The summed E-state index contributed by atoms with van der Waals surface area (Å²) in [6, 6.07) is -6.46. The summed E-state index contributed by atoms with van der Waals surface area (Å²) in [5, 5.41) is 42.3. The standard InChI is InChI=1S/C15H24N4O10S/c1-5(20)11(19-12(25)6(16)2-9(21)22)14(27)17-7(3-10(23)24)13(26)18-8(4-30)15(28)29/h5-8,11,20,30H,2-4,16H2,1H3,(H,17,27)(H,18,26)(H,19,25)(H,21,22)(H,23,24)(H,28,29). The van der Waals surface area contributed by atoms with Gasteiger partial charge in [-0.05, 0) is 6.92 Å². The number of thiol groups is 1. The summed E-state index contributed by atoms with van der Waals surface area (Å²) in [5.41, 5.74) is 5.37. The molecule has 0 bridgehead atoms. The van der Waals surface area contributed by atoms with Crippen molar-refractivity contribution in [2.24, 2.45) is 5.73 Å². The Labute approximate surface area is 175 Å². The van der Waals surface area contributed by atoms with E-state index in [1.807, 2.05) is 16.0 Å². The summed E-state index contributed by atoms with van der Waals surface area (Å²) in [7, 11) is 0. The third-order valence-electron chi connectivity index (χ3n) is 3.60. The molecule has 5 unspecified atom stereocenters. The number of amides is 3. The van der Waals surface area contributed by atoms with E-state index in [1.165, 1.54) is 0 Å². The molecule has 0 aliphatic carbocycles. The number of hydrogen-bond acceptors (Lipinski definition) is 9. The van der Waals surface area contributed by atoms with E-state index in [0.717, 1.165) is 6.92 Å². The lowest BCUT2D eigenvalue weighted by atomic mass is 10.1. The zero-order chi connectivity index (χ0) is 23.6. The lowest BCUT2D eigenvalue weighted by molar-refractivity contribution is -0.143. The van der Waals surface area contributed by atoms with Crippen molar-refractivity contribution >= 4 is 48.3 Å². The van der Waals surface area contributed by atoms with Gasteiger partial charge in [0.2, 0.25) is 17.7 Å². The number of carbonyl (C=O) groups excluding carboxylic acids is 3. The molecule has 9 N–H and O–H groups in total. The maximum Gasteiger partial charge on any atom is 0.327 e. The van der Waals surface area contributed by atoms with Crippen LogP contribution in [0.2, 0.25) is 0 Å². The van der Waals surface area contributed by atoms with Gasteiger partial charge >= 0.3 is 17.9 Å². The molecule has 14 nitrogen and oxygen atoms in total. The predicted octanol–water partition coefficient (Wildman–Crippen LogP) is -3.89. The van der Waals surface area contributed by atoms with Crippen molar-refractivity contribution in [1.82, 2.24) is 16.0 Å². The molecular formula is C15H24N4O10S. The van der Waals surface area contributed by atoms with Gasteiger partial charge in [-0.25, -0.2) is 4.79 Å². The first-order valence-corrected chi connectivity index (χ1v) is 9.05. The Kier molecular flexibility index (Phi) is 11.4. The molecule has 170 valence electrons. The van der Waals surface area contributed by atoms with Crippen LogP contribution in [0.3, 0.4) is 0 Å². The summed E-state index contributed by atoms with van der Waals surface area (Å²) in [5.74, 6) is -8.06. The Morgan fingerprint density at radius 1 is 0.833 bits per heavy atom. The Hall–Kier alpha value is -2.91. The highest BCUT2D eigenvalue weighted by molar-refractivity contribution is 7.80. The maximum absolute atomic E-state index is 12.4. The van der Waals surface area contributed by atoms with Gasteiger partial charge in [0.1, 0.15) is 18.1 Å². The molecule has 0 rings (SSSR count). The van der Waals surface area contributed by atoms with E-state index >= 15 is 0 Å². The highest BCUT2D eigenvalue weighted by atomic mass is 32.1. The van der Waals surface area contributed by atoms with E-state index in [9.17, 15) is 33.9 Å². The van der Waals surface area contributed by atoms with Gasteiger partial charge < -0.3 is 42.1 Å². The van der Waals surface area contributed by atoms with Gasteiger partial charge in [0.05, 0.1) is 25.0 Å². The molecule has 0 aromatic rings. The molecule has 0 radical (unpaired) electrons. The summed E-state index contributed by atoms with van der Waals surface area (Å²) >= 11 is 3.74. The molecule has 3 amide bonds. The van der Waals surface area contributed by atoms with Gasteiger partial charge in [-0.15, -0.1) is 0 Å². The van der Waals surface area contributed by atoms with Crippen molar-refractivity contribution in [1.29, 1.82) is 0 Å². The smallest absolute Gasteiger partial charge is 0.327 e. The number of rotatable bonds is 13. The van der Waals surface area contributed by atoms with Gasteiger partial charge in [-0.1, -0.05) is 0 Å². The number of carbonyl (C=O) groups is 6. The Balaban J connectivity index is 5.37. The van der Waals surface area contributed by atoms with Crippen LogP contribution >= 0.6 is 12.6 Å². The van der Waals surface area contributed by atoms with Crippen molar-refractivity contribution in [3.05, 3.63) is 0 Å². The van der Waals surface area contributed by atoms with Crippen molar-refractivity contribution in [3.63, 3.8) is 0 Å². The van der Waals surface area contributed by atoms with Crippen LogP contribution in [0.15, 0.2) is 0 Å². The summed E-state index contributed by atoms with van der Waals surface area (Å²) in [4.78, 5) is 69.1. The van der Waals surface area contributed by atoms with Gasteiger partial charge in [-0.3, -0.25) is 24.0 Å². The molecule has 0 aromatic heterocycles.